The van der Waals surface area contributed by atoms with Crippen LogP contribution < -0.4 is 16.4 Å². The summed E-state index contributed by atoms with van der Waals surface area (Å²) in [5.41, 5.74) is 8.05. The van der Waals surface area contributed by atoms with Gasteiger partial charge in [-0.2, -0.15) is 0 Å². The van der Waals surface area contributed by atoms with Crippen LogP contribution in [-0.2, 0) is 22.4 Å². The monoisotopic (exact) mass is 507 g/mol. The highest BCUT2D eigenvalue weighted by molar-refractivity contribution is 5.97. The molecule has 0 bridgehead atoms. The van der Waals surface area contributed by atoms with Gasteiger partial charge in [-0.3, -0.25) is 14.4 Å². The molecule has 1 aromatic carbocycles. The minimum absolute atomic E-state index is 0.102. The van der Waals surface area contributed by atoms with E-state index in [2.05, 4.69) is 20.6 Å². The molecule has 3 amide bonds. The molecule has 37 heavy (non-hydrogen) atoms. The number of anilines is 2. The van der Waals surface area contributed by atoms with Crippen molar-refractivity contribution in [2.45, 2.75) is 45.1 Å². The number of aryl methyl sites for hydroxylation is 2. The maximum atomic E-state index is 12.9. The zero-order chi connectivity index (χ0) is 27.2. The van der Waals surface area contributed by atoms with Crippen LogP contribution in [0, 0.1) is 6.92 Å². The smallest absolute Gasteiger partial charge is 0.271 e. The van der Waals surface area contributed by atoms with Crippen molar-refractivity contribution in [3.05, 3.63) is 59.1 Å². The van der Waals surface area contributed by atoms with E-state index in [1.165, 1.54) is 6.08 Å². The van der Waals surface area contributed by atoms with E-state index in [9.17, 15) is 14.4 Å². The van der Waals surface area contributed by atoms with Crippen molar-refractivity contribution in [2.24, 2.45) is 5.73 Å². The van der Waals surface area contributed by atoms with Gasteiger partial charge in [-0.05, 0) is 64.4 Å². The van der Waals surface area contributed by atoms with Crippen LogP contribution in [0.4, 0.5) is 11.5 Å². The maximum absolute atomic E-state index is 12.9. The van der Waals surface area contributed by atoms with Crippen molar-refractivity contribution in [2.75, 3.05) is 39.5 Å². The lowest BCUT2D eigenvalue weighted by molar-refractivity contribution is -0.137. The molecule has 0 unspecified atom stereocenters. The van der Waals surface area contributed by atoms with Crippen LogP contribution in [0.15, 0.2) is 36.4 Å². The van der Waals surface area contributed by atoms with Crippen LogP contribution in [0.3, 0.4) is 0 Å². The number of nitrogens with one attached hydrogen (secondary N) is 2. The van der Waals surface area contributed by atoms with Gasteiger partial charge >= 0.3 is 0 Å². The quantitative estimate of drug-likeness (QED) is 0.374. The summed E-state index contributed by atoms with van der Waals surface area (Å²) in [5.74, 6) is -0.634. The number of aromatic nitrogens is 2. The fraction of sp³-hybridized carbons (Fsp3) is 0.444. The topological polar surface area (TPSA) is 134 Å². The molecule has 0 aliphatic heterocycles. The van der Waals surface area contributed by atoms with Crippen molar-refractivity contribution in [3.8, 4) is 0 Å². The van der Waals surface area contributed by atoms with Gasteiger partial charge in [0.1, 0.15) is 5.54 Å². The van der Waals surface area contributed by atoms with Crippen LogP contribution in [0.2, 0.25) is 0 Å². The Morgan fingerprint density at radius 2 is 1.89 bits per heavy atom. The number of nitrogens with zero attached hydrogens (tertiary/aromatic N) is 4. The number of carbonyl (C=O) groups excluding carboxylic acids is 3. The lowest BCUT2D eigenvalue weighted by Gasteiger charge is -2.26. The third-order valence-corrected chi connectivity index (χ3v) is 6.48. The first-order valence-corrected chi connectivity index (χ1v) is 12.5. The van der Waals surface area contributed by atoms with E-state index in [-0.39, 0.29) is 17.5 Å². The molecule has 0 radical (unpaired) electrons. The third kappa shape index (κ3) is 6.91. The Hall–Kier alpha value is -3.79. The van der Waals surface area contributed by atoms with E-state index >= 15 is 0 Å². The number of benzene rings is 1. The van der Waals surface area contributed by atoms with Gasteiger partial charge in [0.25, 0.3) is 5.91 Å². The molecule has 1 saturated carbocycles. The summed E-state index contributed by atoms with van der Waals surface area (Å²) in [6.45, 7) is 4.88. The Morgan fingerprint density at radius 1 is 1.16 bits per heavy atom. The van der Waals surface area contributed by atoms with Crippen molar-refractivity contribution in [1.82, 2.24) is 25.1 Å². The van der Waals surface area contributed by atoms with E-state index in [4.69, 9.17) is 5.73 Å². The number of carbonyl (C=O) groups is 3. The number of likely N-dealkylation sites (N-methyl/N-ethyl adjacent to an activating group) is 2. The van der Waals surface area contributed by atoms with Crippen LogP contribution in [0.5, 0.6) is 0 Å². The Morgan fingerprint density at radius 3 is 2.51 bits per heavy atom. The van der Waals surface area contributed by atoms with Crippen LogP contribution >= 0.6 is 0 Å². The molecule has 3 rings (SSSR count). The van der Waals surface area contributed by atoms with Gasteiger partial charge in [-0.15, -0.1) is 0 Å². The number of nitrogens with two attached hydrogens (primary N) is 1. The Bertz CT molecular complexity index is 1190. The molecule has 1 fully saturated rings. The third-order valence-electron chi connectivity index (χ3n) is 6.48. The fourth-order valence-corrected chi connectivity index (χ4v) is 4.09. The van der Waals surface area contributed by atoms with Crippen molar-refractivity contribution >= 4 is 29.2 Å². The van der Waals surface area contributed by atoms with Crippen LogP contribution in [0.25, 0.3) is 0 Å². The average molecular weight is 508 g/mol. The lowest BCUT2D eigenvalue weighted by Crippen LogP contribution is -2.49. The van der Waals surface area contributed by atoms with E-state index in [1.807, 2.05) is 57.1 Å². The number of hydrogen-bond donors (Lipinski definition) is 3. The van der Waals surface area contributed by atoms with Crippen molar-refractivity contribution < 1.29 is 14.4 Å². The number of amides is 3. The molecule has 2 aromatic rings. The summed E-state index contributed by atoms with van der Waals surface area (Å²) in [6, 6.07) is 7.64. The SMILES string of the molecule is CCc1nc(C(N)=O)c(Nc2cccc(CCNC(=O)C3(N(C)C(=O)/C=C/CN(C)C)CC3)c2)nc1C. The lowest BCUT2D eigenvalue weighted by atomic mass is 10.1. The van der Waals surface area contributed by atoms with Crippen LogP contribution in [0.1, 0.15) is 47.2 Å². The Balaban J connectivity index is 1.60. The summed E-state index contributed by atoms with van der Waals surface area (Å²) >= 11 is 0. The molecule has 10 nitrogen and oxygen atoms in total. The van der Waals surface area contributed by atoms with Crippen LogP contribution in [-0.4, -0.2) is 77.3 Å². The van der Waals surface area contributed by atoms with Crippen molar-refractivity contribution in [3.63, 3.8) is 0 Å². The standard InChI is InChI=1S/C27H37N7O3/c1-6-21-18(2)30-25(23(32-21)24(28)36)31-20-10-7-9-19(17-20)12-15-29-26(37)27(13-14-27)34(5)22(35)11-8-16-33(3)4/h7-11,17H,6,12-16H2,1-5H3,(H2,28,36)(H,29,37)(H,30,31)/b11-8+. The number of rotatable bonds is 12. The Labute approximate surface area is 218 Å². The maximum Gasteiger partial charge on any atom is 0.271 e. The molecular formula is C27H37N7O3. The van der Waals surface area contributed by atoms with E-state index in [0.717, 1.165) is 22.6 Å². The van der Waals surface area contributed by atoms with Gasteiger partial charge in [0.15, 0.2) is 11.5 Å². The minimum Gasteiger partial charge on any atom is -0.364 e. The van der Waals surface area contributed by atoms with E-state index in [1.54, 1.807) is 18.0 Å². The first-order chi connectivity index (χ1) is 17.6. The fourth-order valence-electron chi connectivity index (χ4n) is 4.09. The number of hydrogen-bond acceptors (Lipinski definition) is 7. The predicted octanol–water partition coefficient (Wildman–Crippen LogP) is 1.96. The zero-order valence-corrected chi connectivity index (χ0v) is 22.3. The molecule has 0 spiro atoms. The predicted molar refractivity (Wildman–Crippen MR) is 144 cm³/mol. The molecule has 1 aromatic heterocycles. The second-order valence-electron chi connectivity index (χ2n) is 9.60. The van der Waals surface area contributed by atoms with Crippen molar-refractivity contribution in [1.29, 1.82) is 0 Å². The first kappa shape index (κ1) is 27.8. The summed E-state index contributed by atoms with van der Waals surface area (Å²) in [6.07, 6.45) is 5.88. The highest BCUT2D eigenvalue weighted by atomic mass is 16.2. The first-order valence-electron chi connectivity index (χ1n) is 12.5. The summed E-state index contributed by atoms with van der Waals surface area (Å²) < 4.78 is 0. The summed E-state index contributed by atoms with van der Waals surface area (Å²) in [5, 5.41) is 6.14. The van der Waals surface area contributed by atoms with Gasteiger partial charge in [0.2, 0.25) is 11.8 Å². The second kappa shape index (κ2) is 12.0. The highest BCUT2D eigenvalue weighted by Gasteiger charge is 2.54. The summed E-state index contributed by atoms with van der Waals surface area (Å²) in [4.78, 5) is 49.8. The van der Waals surface area contributed by atoms with Gasteiger partial charge < -0.3 is 26.2 Å². The highest BCUT2D eigenvalue weighted by Crippen LogP contribution is 2.41. The largest absolute Gasteiger partial charge is 0.364 e. The normalized spacial score (nSPS) is 14.0. The molecule has 0 atom stereocenters. The molecule has 1 aliphatic rings. The minimum atomic E-state index is -0.769. The van der Waals surface area contributed by atoms with Gasteiger partial charge in [0, 0.05) is 31.9 Å². The average Bonchev–Trinajstić information content (AvgIpc) is 3.65. The molecule has 1 aliphatic carbocycles. The van der Waals surface area contributed by atoms with Gasteiger partial charge in [-0.1, -0.05) is 25.1 Å². The molecule has 10 heteroatoms. The molecule has 0 saturated heterocycles. The summed E-state index contributed by atoms with van der Waals surface area (Å²) in [7, 11) is 5.54. The Kier molecular flexibility index (Phi) is 8.99. The van der Waals surface area contributed by atoms with Gasteiger partial charge in [0.05, 0.1) is 11.4 Å². The molecule has 1 heterocycles. The molecular weight excluding hydrogens is 470 g/mol. The zero-order valence-electron chi connectivity index (χ0n) is 22.3. The van der Waals surface area contributed by atoms with E-state index in [0.29, 0.717) is 44.6 Å². The number of primary amides is 1. The second-order valence-corrected chi connectivity index (χ2v) is 9.60. The molecule has 4 N–H and O–H groups in total. The van der Waals surface area contributed by atoms with Gasteiger partial charge in [-0.25, -0.2) is 9.97 Å². The van der Waals surface area contributed by atoms with E-state index < -0.39 is 11.4 Å². The molecule has 198 valence electrons.